The van der Waals surface area contributed by atoms with Gasteiger partial charge < -0.3 is 9.84 Å². The predicted molar refractivity (Wildman–Crippen MR) is 82.2 cm³/mol. The fraction of sp³-hybridized carbons (Fsp3) is 0.947. The Labute approximate surface area is 132 Å². The van der Waals surface area contributed by atoms with Crippen LogP contribution >= 0.6 is 0 Å². The Bertz CT molecular complexity index is 545. The lowest BCUT2D eigenvalue weighted by molar-refractivity contribution is -0.133. The van der Waals surface area contributed by atoms with Crippen LogP contribution in [0.4, 0.5) is 0 Å². The fourth-order valence-electron chi connectivity index (χ4n) is 7.47. The minimum atomic E-state index is -0.103. The SMILES string of the molecule is C[C@]12CCC3C(CCC45OC4C(=O)CC[C@@]35C)C1CC[C@@H]2O. The van der Waals surface area contributed by atoms with E-state index in [9.17, 15) is 9.90 Å². The van der Waals surface area contributed by atoms with E-state index in [1.165, 1.54) is 19.3 Å². The molecule has 5 rings (SSSR count). The average molecular weight is 304 g/mol. The molecule has 5 aliphatic rings. The van der Waals surface area contributed by atoms with E-state index < -0.39 is 0 Å². The topological polar surface area (TPSA) is 49.8 Å². The summed E-state index contributed by atoms with van der Waals surface area (Å²) in [4.78, 5) is 12.1. The molecule has 22 heavy (non-hydrogen) atoms. The summed E-state index contributed by atoms with van der Waals surface area (Å²) in [5, 5.41) is 10.5. The third kappa shape index (κ3) is 1.36. The zero-order valence-corrected chi connectivity index (χ0v) is 13.8. The van der Waals surface area contributed by atoms with Crippen LogP contribution < -0.4 is 0 Å². The number of carbonyl (C=O) groups is 1. The molecule has 0 radical (unpaired) electrons. The zero-order valence-electron chi connectivity index (χ0n) is 13.8. The first-order chi connectivity index (χ1) is 10.4. The fourth-order valence-corrected chi connectivity index (χ4v) is 7.47. The summed E-state index contributed by atoms with van der Waals surface area (Å²) >= 11 is 0. The van der Waals surface area contributed by atoms with Gasteiger partial charge in [-0.15, -0.1) is 0 Å². The molecule has 8 atom stereocenters. The highest BCUT2D eigenvalue weighted by molar-refractivity contribution is 5.88. The highest BCUT2D eigenvalue weighted by Crippen LogP contribution is 2.72. The maximum atomic E-state index is 12.1. The van der Waals surface area contributed by atoms with Gasteiger partial charge in [0.15, 0.2) is 5.78 Å². The summed E-state index contributed by atoms with van der Waals surface area (Å²) in [5.74, 6) is 2.48. The first kappa shape index (κ1) is 14.0. The minimum absolute atomic E-state index is 0.0744. The predicted octanol–water partition coefficient (Wildman–Crippen LogP) is 3.09. The van der Waals surface area contributed by atoms with Crippen molar-refractivity contribution in [3.8, 4) is 0 Å². The summed E-state index contributed by atoms with van der Waals surface area (Å²) in [5.41, 5.74) is 0.244. The molecule has 1 heterocycles. The molecule has 5 fully saturated rings. The molecule has 0 aromatic rings. The first-order valence-electron chi connectivity index (χ1n) is 9.31. The van der Waals surface area contributed by atoms with Crippen molar-refractivity contribution < 1.29 is 14.6 Å². The lowest BCUT2D eigenvalue weighted by Crippen LogP contribution is -2.58. The third-order valence-electron chi connectivity index (χ3n) is 8.90. The van der Waals surface area contributed by atoms with E-state index in [-0.39, 0.29) is 28.6 Å². The number of ketones is 1. The van der Waals surface area contributed by atoms with E-state index in [1.807, 2.05) is 0 Å². The van der Waals surface area contributed by atoms with Gasteiger partial charge in [0, 0.05) is 11.8 Å². The molecule has 0 amide bonds. The van der Waals surface area contributed by atoms with Crippen molar-refractivity contribution in [1.29, 1.82) is 0 Å². The van der Waals surface area contributed by atoms with Gasteiger partial charge in [0.25, 0.3) is 0 Å². The molecule has 3 nitrogen and oxygen atoms in total. The largest absolute Gasteiger partial charge is 0.393 e. The lowest BCUT2D eigenvalue weighted by Gasteiger charge is -2.59. The summed E-state index contributed by atoms with van der Waals surface area (Å²) in [6.07, 6.45) is 8.42. The van der Waals surface area contributed by atoms with Crippen molar-refractivity contribution in [2.45, 2.75) is 83.0 Å². The molecule has 1 saturated heterocycles. The molecule has 0 aromatic carbocycles. The number of aliphatic hydroxyl groups is 1. The van der Waals surface area contributed by atoms with Gasteiger partial charge in [-0.2, -0.15) is 0 Å². The summed E-state index contributed by atoms with van der Waals surface area (Å²) in [6, 6.07) is 0. The van der Waals surface area contributed by atoms with Gasteiger partial charge in [0.2, 0.25) is 0 Å². The van der Waals surface area contributed by atoms with Crippen LogP contribution in [-0.4, -0.2) is 28.7 Å². The summed E-state index contributed by atoms with van der Waals surface area (Å²) in [7, 11) is 0. The Morgan fingerprint density at radius 1 is 1.05 bits per heavy atom. The smallest absolute Gasteiger partial charge is 0.164 e. The lowest BCUT2D eigenvalue weighted by atomic mass is 9.45. The average Bonchev–Trinajstić information content (AvgIpc) is 3.17. The quantitative estimate of drug-likeness (QED) is 0.700. The number of ether oxygens (including phenoxy) is 1. The van der Waals surface area contributed by atoms with Gasteiger partial charge in [0.05, 0.1) is 6.10 Å². The molecule has 1 N–H and O–H groups in total. The van der Waals surface area contributed by atoms with Crippen LogP contribution in [0.3, 0.4) is 0 Å². The molecule has 5 unspecified atom stereocenters. The molecular weight excluding hydrogens is 276 g/mol. The molecule has 4 saturated carbocycles. The second-order valence-electron chi connectivity index (χ2n) is 9.32. The van der Waals surface area contributed by atoms with Crippen LogP contribution in [0.15, 0.2) is 0 Å². The number of hydrogen-bond donors (Lipinski definition) is 1. The number of fused-ring (bicyclic) bond motifs is 4. The zero-order chi connectivity index (χ0) is 15.3. The van der Waals surface area contributed by atoms with Gasteiger partial charge in [0.1, 0.15) is 11.7 Å². The van der Waals surface area contributed by atoms with E-state index in [0.717, 1.165) is 38.0 Å². The summed E-state index contributed by atoms with van der Waals surface area (Å²) in [6.45, 7) is 4.75. The van der Waals surface area contributed by atoms with E-state index in [4.69, 9.17) is 4.74 Å². The third-order valence-corrected chi connectivity index (χ3v) is 8.90. The number of aliphatic hydroxyl groups excluding tert-OH is 1. The van der Waals surface area contributed by atoms with Crippen molar-refractivity contribution in [1.82, 2.24) is 0 Å². The van der Waals surface area contributed by atoms with Gasteiger partial charge in [-0.1, -0.05) is 13.8 Å². The van der Waals surface area contributed by atoms with Gasteiger partial charge in [-0.05, 0) is 68.1 Å². The number of Topliss-reactive ketones (excluding diaryl/α,β-unsaturated/α-hetero) is 1. The molecule has 3 heteroatoms. The van der Waals surface area contributed by atoms with Gasteiger partial charge >= 0.3 is 0 Å². The summed E-state index contributed by atoms with van der Waals surface area (Å²) < 4.78 is 6.09. The molecule has 1 aliphatic heterocycles. The van der Waals surface area contributed by atoms with Crippen LogP contribution in [0.2, 0.25) is 0 Å². The van der Waals surface area contributed by atoms with Crippen molar-refractivity contribution >= 4 is 5.78 Å². The van der Waals surface area contributed by atoms with Crippen LogP contribution in [0.5, 0.6) is 0 Å². The standard InChI is InChI=1S/C19H28O3/c1-17-8-6-13-11(12(17)3-4-15(17)21)5-10-19-16(22-19)14(20)7-9-18(13,19)2/h11-13,15-16,21H,3-10H2,1-2H3/t11?,12?,13?,15-,16?,17-,18-,19?/m0/s1. The second kappa shape index (κ2) is 3.97. The molecule has 0 aromatic heterocycles. The van der Waals surface area contributed by atoms with Crippen LogP contribution in [-0.2, 0) is 9.53 Å². The monoisotopic (exact) mass is 304 g/mol. The maximum absolute atomic E-state index is 12.1. The molecule has 4 aliphatic carbocycles. The van der Waals surface area contributed by atoms with Crippen LogP contribution in [0, 0.1) is 28.6 Å². The Kier molecular flexibility index (Phi) is 2.52. The minimum Gasteiger partial charge on any atom is -0.393 e. The second-order valence-corrected chi connectivity index (χ2v) is 9.32. The van der Waals surface area contributed by atoms with Gasteiger partial charge in [-0.3, -0.25) is 4.79 Å². The molecule has 122 valence electrons. The highest BCUT2D eigenvalue weighted by atomic mass is 16.6. The van der Waals surface area contributed by atoms with E-state index in [1.54, 1.807) is 0 Å². The highest BCUT2D eigenvalue weighted by Gasteiger charge is 2.76. The van der Waals surface area contributed by atoms with Crippen molar-refractivity contribution in [2.24, 2.45) is 28.6 Å². The number of epoxide rings is 1. The van der Waals surface area contributed by atoms with Gasteiger partial charge in [-0.25, -0.2) is 0 Å². The molecule has 0 bridgehead atoms. The van der Waals surface area contributed by atoms with Crippen LogP contribution in [0.25, 0.3) is 0 Å². The van der Waals surface area contributed by atoms with Crippen LogP contribution in [0.1, 0.15) is 65.2 Å². The Morgan fingerprint density at radius 2 is 1.86 bits per heavy atom. The normalized spacial score (nSPS) is 62.7. The van der Waals surface area contributed by atoms with E-state index >= 15 is 0 Å². The van der Waals surface area contributed by atoms with Crippen molar-refractivity contribution in [3.05, 3.63) is 0 Å². The first-order valence-corrected chi connectivity index (χ1v) is 9.31. The van der Waals surface area contributed by atoms with E-state index in [2.05, 4.69) is 13.8 Å². The molecular formula is C19H28O3. The molecule has 1 spiro atoms. The van der Waals surface area contributed by atoms with Crippen molar-refractivity contribution in [2.75, 3.05) is 0 Å². The van der Waals surface area contributed by atoms with Crippen molar-refractivity contribution in [3.63, 3.8) is 0 Å². The number of hydrogen-bond acceptors (Lipinski definition) is 3. The maximum Gasteiger partial charge on any atom is 0.164 e. The Balaban J connectivity index is 1.51. The Hall–Kier alpha value is -0.410. The number of carbonyl (C=O) groups excluding carboxylic acids is 1. The van der Waals surface area contributed by atoms with E-state index in [0.29, 0.717) is 17.6 Å². The Morgan fingerprint density at radius 3 is 2.68 bits per heavy atom. The number of rotatable bonds is 0.